The lowest BCUT2D eigenvalue weighted by atomic mass is 10.0. The Balaban J connectivity index is 1.82. The van der Waals surface area contributed by atoms with Gasteiger partial charge in [0.2, 0.25) is 5.91 Å². The molecule has 3 rings (SSSR count). The van der Waals surface area contributed by atoms with Crippen molar-refractivity contribution in [3.63, 3.8) is 0 Å². The quantitative estimate of drug-likeness (QED) is 0.624. The number of hydrogen-bond acceptors (Lipinski definition) is 5. The van der Waals surface area contributed by atoms with Gasteiger partial charge in [0.15, 0.2) is 5.82 Å². The first-order chi connectivity index (χ1) is 14.7. The molecule has 162 valence electrons. The fourth-order valence-corrected chi connectivity index (χ4v) is 2.89. The number of aromatic nitrogens is 4. The number of carbonyl (C=O) groups excluding carboxylic acids is 2. The molecule has 0 saturated carbocycles. The standard InChI is InChI=1S/C20H19F3N6O2/c1-10(2)18(25-19(30)17-14(22)5-4-6-15(17)23)20(31)24-12-7-8-13(21)16(9-12)29-11(3)26-27-28-29/h4-10,18H,1-3H3,(H,24,31)(H,25,30). The van der Waals surface area contributed by atoms with E-state index in [1.54, 1.807) is 20.8 Å². The van der Waals surface area contributed by atoms with Crippen molar-refractivity contribution in [1.29, 1.82) is 0 Å². The molecule has 2 aromatic carbocycles. The SMILES string of the molecule is Cc1nnnn1-c1cc(NC(=O)C(NC(=O)c2c(F)cccc2F)C(C)C)ccc1F. The summed E-state index contributed by atoms with van der Waals surface area (Å²) in [6.45, 7) is 4.89. The number of nitrogens with one attached hydrogen (secondary N) is 2. The van der Waals surface area contributed by atoms with Gasteiger partial charge in [0, 0.05) is 5.69 Å². The monoisotopic (exact) mass is 432 g/mol. The molecule has 0 aliphatic carbocycles. The van der Waals surface area contributed by atoms with E-state index in [0.29, 0.717) is 5.82 Å². The van der Waals surface area contributed by atoms with Gasteiger partial charge in [-0.3, -0.25) is 9.59 Å². The van der Waals surface area contributed by atoms with Gasteiger partial charge in [0.1, 0.15) is 34.7 Å². The lowest BCUT2D eigenvalue weighted by Crippen LogP contribution is -2.47. The van der Waals surface area contributed by atoms with Crippen LogP contribution in [0.3, 0.4) is 0 Å². The van der Waals surface area contributed by atoms with Crippen molar-refractivity contribution in [2.75, 3.05) is 5.32 Å². The third-order valence-electron chi connectivity index (χ3n) is 4.49. The number of rotatable bonds is 6. The number of carbonyl (C=O) groups is 2. The zero-order chi connectivity index (χ0) is 22.7. The van der Waals surface area contributed by atoms with Gasteiger partial charge in [-0.1, -0.05) is 19.9 Å². The number of aryl methyl sites for hydroxylation is 1. The minimum Gasteiger partial charge on any atom is -0.340 e. The summed E-state index contributed by atoms with van der Waals surface area (Å²) >= 11 is 0. The van der Waals surface area contributed by atoms with E-state index in [0.717, 1.165) is 28.9 Å². The highest BCUT2D eigenvalue weighted by molar-refractivity contribution is 6.01. The summed E-state index contributed by atoms with van der Waals surface area (Å²) in [6.07, 6.45) is 0. The fourth-order valence-electron chi connectivity index (χ4n) is 2.89. The molecule has 1 atom stereocenters. The summed E-state index contributed by atoms with van der Waals surface area (Å²) in [5.74, 6) is -4.49. The molecule has 0 fully saturated rings. The number of anilines is 1. The van der Waals surface area contributed by atoms with Crippen LogP contribution in [-0.4, -0.2) is 38.1 Å². The molecule has 11 heteroatoms. The first-order valence-corrected chi connectivity index (χ1v) is 9.29. The summed E-state index contributed by atoms with van der Waals surface area (Å²) in [5.41, 5.74) is -0.550. The Labute approximate surface area is 175 Å². The Morgan fingerprint density at radius 1 is 1.03 bits per heavy atom. The Bertz CT molecular complexity index is 1110. The number of benzene rings is 2. The molecule has 0 radical (unpaired) electrons. The Kier molecular flexibility index (Phi) is 6.33. The first-order valence-electron chi connectivity index (χ1n) is 9.29. The van der Waals surface area contributed by atoms with Gasteiger partial charge < -0.3 is 10.6 Å². The van der Waals surface area contributed by atoms with Crippen LogP contribution in [0, 0.1) is 30.3 Å². The molecular formula is C20H19F3N6O2. The number of tetrazole rings is 1. The van der Waals surface area contributed by atoms with Gasteiger partial charge in [0.25, 0.3) is 5.91 Å². The highest BCUT2D eigenvalue weighted by Crippen LogP contribution is 2.20. The van der Waals surface area contributed by atoms with Crippen molar-refractivity contribution in [2.45, 2.75) is 26.8 Å². The molecule has 0 saturated heterocycles. The van der Waals surface area contributed by atoms with Crippen molar-refractivity contribution in [1.82, 2.24) is 25.5 Å². The van der Waals surface area contributed by atoms with Crippen LogP contribution in [0.1, 0.15) is 30.0 Å². The van der Waals surface area contributed by atoms with Crippen molar-refractivity contribution < 1.29 is 22.8 Å². The predicted octanol–water partition coefficient (Wildman–Crippen LogP) is 2.78. The van der Waals surface area contributed by atoms with Crippen LogP contribution in [0.2, 0.25) is 0 Å². The molecule has 0 aliphatic heterocycles. The lowest BCUT2D eigenvalue weighted by molar-refractivity contribution is -0.118. The molecule has 0 bridgehead atoms. The van der Waals surface area contributed by atoms with Gasteiger partial charge >= 0.3 is 0 Å². The van der Waals surface area contributed by atoms with Gasteiger partial charge in [-0.25, -0.2) is 13.2 Å². The molecule has 3 aromatic rings. The Morgan fingerprint density at radius 2 is 1.71 bits per heavy atom. The van der Waals surface area contributed by atoms with E-state index in [1.807, 2.05) is 0 Å². The molecule has 2 amide bonds. The minimum absolute atomic E-state index is 0.0128. The number of amides is 2. The van der Waals surface area contributed by atoms with Gasteiger partial charge in [0.05, 0.1) is 0 Å². The molecule has 8 nitrogen and oxygen atoms in total. The van der Waals surface area contributed by atoms with Gasteiger partial charge in [-0.05, 0) is 53.6 Å². The van der Waals surface area contributed by atoms with Crippen LogP contribution in [0.5, 0.6) is 0 Å². The first kappa shape index (κ1) is 21.9. The summed E-state index contributed by atoms with van der Waals surface area (Å²) in [6, 6.07) is 5.69. The van der Waals surface area contributed by atoms with Crippen LogP contribution >= 0.6 is 0 Å². The number of hydrogen-bond donors (Lipinski definition) is 2. The summed E-state index contributed by atoms with van der Waals surface area (Å²) in [7, 11) is 0. The van der Waals surface area contributed by atoms with E-state index in [1.165, 1.54) is 12.1 Å². The van der Waals surface area contributed by atoms with E-state index in [-0.39, 0.29) is 11.4 Å². The smallest absolute Gasteiger partial charge is 0.257 e. The number of halogens is 3. The second kappa shape index (κ2) is 8.94. The van der Waals surface area contributed by atoms with Crippen molar-refractivity contribution in [2.24, 2.45) is 5.92 Å². The van der Waals surface area contributed by atoms with E-state index in [9.17, 15) is 22.8 Å². The maximum atomic E-state index is 14.2. The average Bonchev–Trinajstić information content (AvgIpc) is 3.12. The van der Waals surface area contributed by atoms with Gasteiger partial charge in [-0.15, -0.1) is 5.10 Å². The molecule has 31 heavy (non-hydrogen) atoms. The van der Waals surface area contributed by atoms with Crippen LogP contribution in [0.4, 0.5) is 18.9 Å². The molecule has 0 aliphatic rings. The summed E-state index contributed by atoms with van der Waals surface area (Å²) < 4.78 is 43.2. The molecule has 0 spiro atoms. The van der Waals surface area contributed by atoms with E-state index < -0.39 is 46.8 Å². The normalized spacial score (nSPS) is 12.0. The third-order valence-corrected chi connectivity index (χ3v) is 4.49. The van der Waals surface area contributed by atoms with Crippen LogP contribution in [0.15, 0.2) is 36.4 Å². The second-order valence-corrected chi connectivity index (χ2v) is 7.09. The topological polar surface area (TPSA) is 102 Å². The average molecular weight is 432 g/mol. The van der Waals surface area contributed by atoms with E-state index in [2.05, 4.69) is 26.2 Å². The largest absolute Gasteiger partial charge is 0.340 e. The fraction of sp³-hybridized carbons (Fsp3) is 0.250. The third kappa shape index (κ3) is 4.71. The predicted molar refractivity (Wildman–Crippen MR) is 105 cm³/mol. The molecule has 2 N–H and O–H groups in total. The van der Waals surface area contributed by atoms with Crippen LogP contribution < -0.4 is 10.6 Å². The highest BCUT2D eigenvalue weighted by atomic mass is 19.1. The maximum absolute atomic E-state index is 14.2. The number of nitrogens with zero attached hydrogens (tertiary/aromatic N) is 4. The minimum atomic E-state index is -1.12. The lowest BCUT2D eigenvalue weighted by Gasteiger charge is -2.22. The van der Waals surface area contributed by atoms with E-state index >= 15 is 0 Å². The molecule has 1 heterocycles. The van der Waals surface area contributed by atoms with Crippen LogP contribution in [-0.2, 0) is 4.79 Å². The molecular weight excluding hydrogens is 413 g/mol. The van der Waals surface area contributed by atoms with Crippen molar-refractivity contribution in [3.8, 4) is 5.69 Å². The zero-order valence-electron chi connectivity index (χ0n) is 16.9. The Hall–Kier alpha value is -3.76. The van der Waals surface area contributed by atoms with Crippen LogP contribution in [0.25, 0.3) is 5.69 Å². The zero-order valence-corrected chi connectivity index (χ0v) is 16.9. The highest BCUT2D eigenvalue weighted by Gasteiger charge is 2.27. The van der Waals surface area contributed by atoms with E-state index in [4.69, 9.17) is 0 Å². The second-order valence-electron chi connectivity index (χ2n) is 7.09. The Morgan fingerprint density at radius 3 is 2.29 bits per heavy atom. The summed E-state index contributed by atoms with van der Waals surface area (Å²) in [4.78, 5) is 25.2. The summed E-state index contributed by atoms with van der Waals surface area (Å²) in [5, 5.41) is 15.8. The molecule has 1 aromatic heterocycles. The maximum Gasteiger partial charge on any atom is 0.257 e. The molecule has 1 unspecified atom stereocenters. The van der Waals surface area contributed by atoms with Gasteiger partial charge in [-0.2, -0.15) is 4.68 Å². The van der Waals surface area contributed by atoms with Crippen molar-refractivity contribution in [3.05, 3.63) is 65.2 Å². The van der Waals surface area contributed by atoms with Crippen molar-refractivity contribution >= 4 is 17.5 Å².